The highest BCUT2D eigenvalue weighted by Crippen LogP contribution is 2.24. The number of non-ortho nitro benzene ring substituents is 1. The highest BCUT2D eigenvalue weighted by atomic mass is 16.6. The lowest BCUT2D eigenvalue weighted by Crippen LogP contribution is -2.05. The molecule has 0 spiro atoms. The maximum atomic E-state index is 10.5. The number of nitro benzene ring substituents is 1. The van der Waals surface area contributed by atoms with Crippen molar-refractivity contribution in [3.8, 4) is 6.07 Å². The van der Waals surface area contributed by atoms with Crippen LogP contribution in [-0.4, -0.2) is 16.0 Å². The number of carboxylic acids is 1. The Hall–Kier alpha value is -2.62. The first kappa shape index (κ1) is 11.5. The van der Waals surface area contributed by atoms with E-state index in [0.717, 1.165) is 12.1 Å². The number of anilines is 1. The third kappa shape index (κ3) is 2.24. The topological polar surface area (TPSA) is 130 Å². The minimum atomic E-state index is -1.18. The summed E-state index contributed by atoms with van der Waals surface area (Å²) in [6.07, 6.45) is -0.477. The molecule has 0 aliphatic heterocycles. The van der Waals surface area contributed by atoms with Crippen LogP contribution >= 0.6 is 0 Å². The van der Waals surface area contributed by atoms with Crippen molar-refractivity contribution in [2.24, 2.45) is 0 Å². The summed E-state index contributed by atoms with van der Waals surface area (Å²) >= 11 is 0. The average molecular weight is 221 g/mol. The molecule has 0 aromatic heterocycles. The number of nitriles is 1. The van der Waals surface area contributed by atoms with E-state index in [2.05, 4.69) is 0 Å². The fraction of sp³-hybridized carbons (Fsp3) is 0.111. The van der Waals surface area contributed by atoms with Crippen LogP contribution in [0.4, 0.5) is 11.4 Å². The van der Waals surface area contributed by atoms with Crippen molar-refractivity contribution in [3.63, 3.8) is 0 Å². The lowest BCUT2D eigenvalue weighted by Gasteiger charge is -2.04. The number of rotatable bonds is 3. The zero-order valence-electron chi connectivity index (χ0n) is 8.01. The van der Waals surface area contributed by atoms with E-state index in [0.29, 0.717) is 0 Å². The van der Waals surface area contributed by atoms with Crippen molar-refractivity contribution >= 4 is 17.3 Å². The second-order valence-corrected chi connectivity index (χ2v) is 3.01. The summed E-state index contributed by atoms with van der Waals surface area (Å²) in [5.41, 5.74) is 5.02. The number of nitro groups is 1. The molecule has 1 rings (SSSR count). The molecule has 0 radical (unpaired) electrons. The van der Waals surface area contributed by atoms with Gasteiger partial charge in [0.15, 0.2) is 0 Å². The standard InChI is InChI=1S/C9H7N3O4/c10-4-7-5(2-9(13)14)1-6(12(15)16)3-8(7)11/h1,3H,2,11H2,(H,13,14). The van der Waals surface area contributed by atoms with Gasteiger partial charge in [-0.3, -0.25) is 14.9 Å². The van der Waals surface area contributed by atoms with Crippen molar-refractivity contribution in [1.82, 2.24) is 0 Å². The number of nitrogens with zero attached hydrogens (tertiary/aromatic N) is 2. The lowest BCUT2D eigenvalue weighted by molar-refractivity contribution is -0.384. The molecule has 0 saturated heterocycles. The smallest absolute Gasteiger partial charge is 0.307 e. The number of nitrogens with two attached hydrogens (primary N) is 1. The molecule has 1 aromatic carbocycles. The molecule has 0 unspecified atom stereocenters. The molecular weight excluding hydrogens is 214 g/mol. The Morgan fingerprint density at radius 1 is 1.62 bits per heavy atom. The van der Waals surface area contributed by atoms with Crippen LogP contribution in [0.2, 0.25) is 0 Å². The van der Waals surface area contributed by atoms with Gasteiger partial charge in [-0.25, -0.2) is 0 Å². The number of hydrogen-bond donors (Lipinski definition) is 2. The molecule has 7 nitrogen and oxygen atoms in total. The molecule has 0 fully saturated rings. The molecule has 0 heterocycles. The predicted molar refractivity (Wildman–Crippen MR) is 53.6 cm³/mol. The Morgan fingerprint density at radius 2 is 2.25 bits per heavy atom. The van der Waals surface area contributed by atoms with E-state index >= 15 is 0 Å². The number of carboxylic acid groups (broad SMARTS) is 1. The molecular formula is C9H7N3O4. The van der Waals surface area contributed by atoms with Gasteiger partial charge in [0, 0.05) is 12.1 Å². The van der Waals surface area contributed by atoms with E-state index in [9.17, 15) is 14.9 Å². The van der Waals surface area contributed by atoms with Crippen LogP contribution in [-0.2, 0) is 11.2 Å². The van der Waals surface area contributed by atoms with Gasteiger partial charge in [0.25, 0.3) is 5.69 Å². The van der Waals surface area contributed by atoms with Crippen LogP contribution in [0.3, 0.4) is 0 Å². The zero-order valence-corrected chi connectivity index (χ0v) is 8.01. The maximum Gasteiger partial charge on any atom is 0.307 e. The van der Waals surface area contributed by atoms with Gasteiger partial charge in [0.1, 0.15) is 6.07 Å². The van der Waals surface area contributed by atoms with Gasteiger partial charge in [-0.05, 0) is 5.56 Å². The van der Waals surface area contributed by atoms with Gasteiger partial charge in [-0.1, -0.05) is 0 Å². The van der Waals surface area contributed by atoms with Crippen molar-refractivity contribution in [2.75, 3.05) is 5.73 Å². The number of benzene rings is 1. The summed E-state index contributed by atoms with van der Waals surface area (Å²) in [6.45, 7) is 0. The SMILES string of the molecule is N#Cc1c(N)cc([N+](=O)[O-])cc1CC(=O)O. The largest absolute Gasteiger partial charge is 0.481 e. The summed E-state index contributed by atoms with van der Waals surface area (Å²) in [4.78, 5) is 20.3. The summed E-state index contributed by atoms with van der Waals surface area (Å²) in [5.74, 6) is -1.18. The van der Waals surface area contributed by atoms with Gasteiger partial charge >= 0.3 is 5.97 Å². The number of hydrogen-bond acceptors (Lipinski definition) is 5. The first-order valence-corrected chi connectivity index (χ1v) is 4.14. The molecule has 0 atom stereocenters. The molecule has 0 aliphatic rings. The molecule has 3 N–H and O–H groups in total. The molecule has 16 heavy (non-hydrogen) atoms. The minimum Gasteiger partial charge on any atom is -0.481 e. The Kier molecular flexibility index (Phi) is 3.06. The van der Waals surface area contributed by atoms with E-state index in [1.807, 2.05) is 0 Å². The quantitative estimate of drug-likeness (QED) is 0.438. The molecule has 82 valence electrons. The van der Waals surface area contributed by atoms with Gasteiger partial charge in [0.2, 0.25) is 0 Å². The monoisotopic (exact) mass is 221 g/mol. The van der Waals surface area contributed by atoms with Crippen LogP contribution in [0.15, 0.2) is 12.1 Å². The maximum absolute atomic E-state index is 10.5. The first-order chi connectivity index (χ1) is 7.45. The molecule has 0 amide bonds. The number of aliphatic carboxylic acids is 1. The number of nitrogen functional groups attached to an aromatic ring is 1. The van der Waals surface area contributed by atoms with E-state index in [-0.39, 0.29) is 22.5 Å². The molecule has 0 bridgehead atoms. The van der Waals surface area contributed by atoms with E-state index in [4.69, 9.17) is 16.1 Å². The Labute approximate surface area is 89.9 Å². The van der Waals surface area contributed by atoms with Crippen molar-refractivity contribution in [3.05, 3.63) is 33.4 Å². The summed E-state index contributed by atoms with van der Waals surface area (Å²) in [6, 6.07) is 3.80. The van der Waals surface area contributed by atoms with Crippen molar-refractivity contribution in [1.29, 1.82) is 5.26 Å². The molecule has 0 aliphatic carbocycles. The molecule has 1 aromatic rings. The van der Waals surface area contributed by atoms with Crippen LogP contribution < -0.4 is 5.73 Å². The highest BCUT2D eigenvalue weighted by Gasteiger charge is 2.16. The van der Waals surface area contributed by atoms with Gasteiger partial charge < -0.3 is 10.8 Å². The minimum absolute atomic E-state index is 0.0343. The highest BCUT2D eigenvalue weighted by molar-refractivity contribution is 5.74. The normalized spacial score (nSPS) is 9.44. The van der Waals surface area contributed by atoms with Crippen LogP contribution in [0.25, 0.3) is 0 Å². The average Bonchev–Trinajstić information content (AvgIpc) is 2.16. The third-order valence-electron chi connectivity index (χ3n) is 1.90. The molecule has 0 saturated carbocycles. The van der Waals surface area contributed by atoms with E-state index < -0.39 is 17.3 Å². The van der Waals surface area contributed by atoms with Gasteiger partial charge in [-0.15, -0.1) is 0 Å². The van der Waals surface area contributed by atoms with Crippen LogP contribution in [0, 0.1) is 21.4 Å². The Morgan fingerprint density at radius 3 is 2.69 bits per heavy atom. The van der Waals surface area contributed by atoms with Crippen molar-refractivity contribution < 1.29 is 14.8 Å². The van der Waals surface area contributed by atoms with E-state index in [1.165, 1.54) is 0 Å². The Balaban J connectivity index is 3.37. The summed E-state index contributed by atoms with van der Waals surface area (Å²) in [7, 11) is 0. The predicted octanol–water partition coefficient (Wildman–Crippen LogP) is 0.676. The third-order valence-corrected chi connectivity index (χ3v) is 1.90. The second kappa shape index (κ2) is 4.27. The van der Waals surface area contributed by atoms with E-state index in [1.54, 1.807) is 6.07 Å². The fourth-order valence-corrected chi connectivity index (χ4v) is 1.25. The first-order valence-electron chi connectivity index (χ1n) is 4.14. The fourth-order valence-electron chi connectivity index (χ4n) is 1.25. The number of carbonyl (C=O) groups is 1. The second-order valence-electron chi connectivity index (χ2n) is 3.01. The Bertz CT molecular complexity index is 504. The zero-order chi connectivity index (χ0) is 12.3. The van der Waals surface area contributed by atoms with Crippen molar-refractivity contribution in [2.45, 2.75) is 6.42 Å². The van der Waals surface area contributed by atoms with Crippen LogP contribution in [0.5, 0.6) is 0 Å². The summed E-state index contributed by atoms with van der Waals surface area (Å²) < 4.78 is 0. The van der Waals surface area contributed by atoms with Crippen LogP contribution in [0.1, 0.15) is 11.1 Å². The lowest BCUT2D eigenvalue weighted by atomic mass is 10.0. The summed E-state index contributed by atoms with van der Waals surface area (Å²) in [5, 5.41) is 27.8. The van der Waals surface area contributed by atoms with Gasteiger partial charge in [-0.2, -0.15) is 5.26 Å². The molecule has 7 heteroatoms. The van der Waals surface area contributed by atoms with Gasteiger partial charge in [0.05, 0.1) is 22.6 Å².